The maximum atomic E-state index is 14.5. The van der Waals surface area contributed by atoms with Gasteiger partial charge < -0.3 is 43.9 Å². The molecule has 1 amide bonds. The summed E-state index contributed by atoms with van der Waals surface area (Å²) < 4.78 is 30.4. The number of amides is 1. The minimum Gasteiger partial charge on any atom is -0.493 e. The van der Waals surface area contributed by atoms with Gasteiger partial charge in [-0.1, -0.05) is 51.8 Å². The number of carbonyl (C=O) groups is 4. The molecule has 13 heteroatoms. The molecule has 0 aromatic heterocycles. The highest BCUT2D eigenvalue weighted by molar-refractivity contribution is 6.39. The Balaban J connectivity index is 1.76. The summed E-state index contributed by atoms with van der Waals surface area (Å²) in [6, 6.07) is -1.15. The molecule has 2 saturated heterocycles. The van der Waals surface area contributed by atoms with Gasteiger partial charge in [0.2, 0.25) is 5.79 Å². The molecule has 14 atom stereocenters. The first-order valence-electron chi connectivity index (χ1n) is 21.9. The molecule has 3 N–H and O–H groups in total. The molecule has 59 heavy (non-hydrogen) atoms. The largest absolute Gasteiger partial charge is 0.493 e. The Hall–Kier alpha value is -2.94. The number of nitrogens with zero attached hydrogens (tertiary/aromatic N) is 1. The molecule has 4 aliphatic rings. The van der Waals surface area contributed by atoms with Crippen molar-refractivity contribution in [3.8, 4) is 0 Å². The normalized spacial score (nSPS) is 39.4. The molecule has 3 heterocycles. The third-order valence-electron chi connectivity index (χ3n) is 13.5. The van der Waals surface area contributed by atoms with Gasteiger partial charge in [0.1, 0.15) is 30.1 Å². The molecule has 4 rings (SSSR count). The average Bonchev–Trinajstić information content (AvgIpc) is 3.21. The standard InChI is InChI=1S/C46H73NO12/c1-11-30(7)57-38-24-33(14-16-36(38)49)21-28(5)41-31(8)37(50)25-34(48)15-13-26(3)19-27(4)20-39(55-9)42-40(56-10)22-29(6)46(54,59-42)43(51)44(52)47-18-17-32(12-2)23-35(47)45(53)58-41/h11,13,21,27,29,31-33,35-42,49-50,54H,12,14-20,22-25H2,1-10H3. The van der Waals surface area contributed by atoms with Crippen molar-refractivity contribution in [3.05, 3.63) is 35.1 Å². The number of hydrogen-bond acceptors (Lipinski definition) is 12. The van der Waals surface area contributed by atoms with Gasteiger partial charge >= 0.3 is 5.97 Å². The van der Waals surface area contributed by atoms with Crippen LogP contribution in [0.25, 0.3) is 0 Å². The molecule has 0 radical (unpaired) electrons. The smallest absolute Gasteiger partial charge is 0.329 e. The van der Waals surface area contributed by atoms with Crippen LogP contribution < -0.4 is 0 Å². The van der Waals surface area contributed by atoms with E-state index in [1.54, 1.807) is 13.8 Å². The summed E-state index contributed by atoms with van der Waals surface area (Å²) in [5, 5.41) is 34.4. The van der Waals surface area contributed by atoms with Crippen LogP contribution in [0.5, 0.6) is 0 Å². The van der Waals surface area contributed by atoms with Crippen LogP contribution in [0, 0.1) is 29.6 Å². The van der Waals surface area contributed by atoms with Gasteiger partial charge in [-0.25, -0.2) is 4.79 Å². The molecular weight excluding hydrogens is 759 g/mol. The highest BCUT2D eigenvalue weighted by Gasteiger charge is 2.57. The van der Waals surface area contributed by atoms with E-state index in [-0.39, 0.29) is 55.8 Å². The van der Waals surface area contributed by atoms with Crippen LogP contribution in [0.1, 0.15) is 126 Å². The van der Waals surface area contributed by atoms with Crippen LogP contribution in [-0.2, 0) is 42.9 Å². The van der Waals surface area contributed by atoms with Gasteiger partial charge in [-0.3, -0.25) is 14.4 Å². The lowest BCUT2D eigenvalue weighted by molar-refractivity contribution is -0.302. The lowest BCUT2D eigenvalue weighted by Crippen LogP contribution is -2.64. The monoisotopic (exact) mass is 832 g/mol. The van der Waals surface area contributed by atoms with E-state index in [1.807, 2.05) is 59.8 Å². The molecule has 0 aromatic rings. The van der Waals surface area contributed by atoms with E-state index in [1.165, 1.54) is 19.1 Å². The van der Waals surface area contributed by atoms with Crippen molar-refractivity contribution in [2.24, 2.45) is 29.6 Å². The second-order valence-corrected chi connectivity index (χ2v) is 18.0. The fourth-order valence-electron chi connectivity index (χ4n) is 9.51. The van der Waals surface area contributed by atoms with E-state index in [9.17, 15) is 34.5 Å². The summed E-state index contributed by atoms with van der Waals surface area (Å²) >= 11 is 0. The highest BCUT2D eigenvalue weighted by atomic mass is 16.7. The molecule has 1 saturated carbocycles. The van der Waals surface area contributed by atoms with Gasteiger partial charge in [-0.05, 0) is 108 Å². The molecular formula is C46H73NO12. The van der Waals surface area contributed by atoms with E-state index in [2.05, 4.69) is 0 Å². The number of aliphatic hydroxyl groups excluding tert-OH is 2. The number of esters is 1. The number of ether oxygens (including phenoxy) is 5. The number of aliphatic hydroxyl groups is 3. The Morgan fingerprint density at radius 3 is 2.25 bits per heavy atom. The zero-order chi connectivity index (χ0) is 43.8. The lowest BCUT2D eigenvalue weighted by atomic mass is 9.81. The predicted octanol–water partition coefficient (Wildman–Crippen LogP) is 5.77. The first kappa shape index (κ1) is 48.7. The maximum Gasteiger partial charge on any atom is 0.329 e. The number of rotatable bonds is 7. The van der Waals surface area contributed by atoms with Crippen molar-refractivity contribution in [1.29, 1.82) is 0 Å². The Morgan fingerprint density at radius 1 is 0.932 bits per heavy atom. The topological polar surface area (TPSA) is 178 Å². The number of ketones is 2. The van der Waals surface area contributed by atoms with Crippen LogP contribution in [0.15, 0.2) is 35.1 Å². The molecule has 14 unspecified atom stereocenters. The third kappa shape index (κ3) is 12.1. The molecule has 0 spiro atoms. The molecule has 0 aromatic carbocycles. The molecule has 1 aliphatic carbocycles. The summed E-state index contributed by atoms with van der Waals surface area (Å²) in [5.74, 6) is -6.40. The first-order valence-corrected chi connectivity index (χ1v) is 21.9. The average molecular weight is 832 g/mol. The SMILES string of the molecule is CC=C(C)OC1CC(C=C(C)C2OC(=O)C3CC(CC)CCN3C(=O)C(=O)C3(O)OC(C(OC)CC(C)CC(C)=CCC(=O)CC(O)C2C)C(OC)CC3C)CCC1O. The first-order chi connectivity index (χ1) is 27.9. The van der Waals surface area contributed by atoms with Crippen LogP contribution in [0.3, 0.4) is 0 Å². The number of cyclic esters (lactones) is 1. The van der Waals surface area contributed by atoms with Crippen molar-refractivity contribution in [1.82, 2.24) is 4.90 Å². The Kier molecular flexibility index (Phi) is 17.9. The fourth-order valence-corrected chi connectivity index (χ4v) is 9.51. The van der Waals surface area contributed by atoms with Crippen LogP contribution >= 0.6 is 0 Å². The fraction of sp³-hybridized carbons (Fsp3) is 0.783. The summed E-state index contributed by atoms with van der Waals surface area (Å²) in [6.45, 7) is 15.0. The zero-order valence-electron chi connectivity index (χ0n) is 37.2. The molecule has 3 aliphatic heterocycles. The molecule has 334 valence electrons. The van der Waals surface area contributed by atoms with Crippen LogP contribution in [0.2, 0.25) is 0 Å². The van der Waals surface area contributed by atoms with Gasteiger partial charge in [0.05, 0.1) is 30.2 Å². The number of allylic oxidation sites excluding steroid dienone is 5. The number of hydrogen-bond donors (Lipinski definition) is 3. The number of carbonyl (C=O) groups excluding carboxylic acids is 4. The van der Waals surface area contributed by atoms with E-state index in [4.69, 9.17) is 23.7 Å². The second-order valence-electron chi connectivity index (χ2n) is 18.0. The minimum absolute atomic E-state index is 0.0364. The van der Waals surface area contributed by atoms with Crippen molar-refractivity contribution in [2.45, 2.75) is 181 Å². The quantitative estimate of drug-likeness (QED) is 0.122. The van der Waals surface area contributed by atoms with Gasteiger partial charge in [0.25, 0.3) is 11.7 Å². The molecule has 3 fully saturated rings. The second kappa shape index (κ2) is 21.7. The van der Waals surface area contributed by atoms with Crippen LogP contribution in [0.4, 0.5) is 0 Å². The highest BCUT2D eigenvalue weighted by Crippen LogP contribution is 2.39. The lowest BCUT2D eigenvalue weighted by Gasteiger charge is -2.47. The molecule has 13 nitrogen and oxygen atoms in total. The number of piperidine rings is 1. The van der Waals surface area contributed by atoms with E-state index in [0.717, 1.165) is 12.0 Å². The van der Waals surface area contributed by atoms with Gasteiger partial charge in [-0.15, -0.1) is 0 Å². The van der Waals surface area contributed by atoms with E-state index >= 15 is 0 Å². The summed E-state index contributed by atoms with van der Waals surface area (Å²) in [7, 11) is 3.06. The maximum absolute atomic E-state index is 14.5. The van der Waals surface area contributed by atoms with Gasteiger partial charge in [0, 0.05) is 45.4 Å². The Bertz CT molecular complexity index is 1560. The zero-order valence-corrected chi connectivity index (χ0v) is 37.2. The number of Topliss-reactive ketones (excluding diaryl/α,β-unsaturated/α-hetero) is 2. The predicted molar refractivity (Wildman–Crippen MR) is 222 cm³/mol. The van der Waals surface area contributed by atoms with Gasteiger partial charge in [-0.2, -0.15) is 0 Å². The summed E-state index contributed by atoms with van der Waals surface area (Å²) in [5.41, 5.74) is 1.63. The van der Waals surface area contributed by atoms with Crippen molar-refractivity contribution >= 4 is 23.4 Å². The minimum atomic E-state index is -2.51. The van der Waals surface area contributed by atoms with Gasteiger partial charge in [0.15, 0.2) is 0 Å². The summed E-state index contributed by atoms with van der Waals surface area (Å²) in [4.78, 5) is 57.9. The number of fused-ring (bicyclic) bond motifs is 3. The van der Waals surface area contributed by atoms with E-state index < -0.39 is 84.1 Å². The Labute approximate surface area is 351 Å². The van der Waals surface area contributed by atoms with Crippen molar-refractivity contribution in [2.75, 3.05) is 20.8 Å². The van der Waals surface area contributed by atoms with Crippen LogP contribution in [-0.4, -0.2) is 119 Å². The Morgan fingerprint density at radius 2 is 1.61 bits per heavy atom. The number of methoxy groups -OCH3 is 2. The summed E-state index contributed by atoms with van der Waals surface area (Å²) in [6.07, 6.45) is 4.96. The van der Waals surface area contributed by atoms with Crippen molar-refractivity contribution < 1.29 is 58.2 Å². The molecule has 2 bridgehead atoms. The van der Waals surface area contributed by atoms with E-state index in [0.29, 0.717) is 49.9 Å². The van der Waals surface area contributed by atoms with Crippen molar-refractivity contribution in [3.63, 3.8) is 0 Å². The third-order valence-corrected chi connectivity index (χ3v) is 13.5.